The fourth-order valence-electron chi connectivity index (χ4n) is 4.63. The van der Waals surface area contributed by atoms with E-state index in [0.717, 1.165) is 49.1 Å². The van der Waals surface area contributed by atoms with E-state index in [1.54, 1.807) is 18.5 Å². The van der Waals surface area contributed by atoms with Crippen molar-refractivity contribution in [2.24, 2.45) is 0 Å². The van der Waals surface area contributed by atoms with E-state index >= 15 is 0 Å². The minimum absolute atomic E-state index is 0.208. The number of thiophene rings is 1. The lowest BCUT2D eigenvalue weighted by Crippen LogP contribution is -2.38. The van der Waals surface area contributed by atoms with Crippen LogP contribution in [0.2, 0.25) is 0 Å². The molecule has 35 heavy (non-hydrogen) atoms. The van der Waals surface area contributed by atoms with Crippen molar-refractivity contribution < 1.29 is 13.2 Å². The molecule has 2 N–H and O–H groups in total. The Morgan fingerprint density at radius 1 is 0.943 bits per heavy atom. The minimum atomic E-state index is -4.23. The third kappa shape index (κ3) is 6.15. The summed E-state index contributed by atoms with van der Waals surface area (Å²) in [6.07, 6.45) is 3.95. The molecule has 1 aliphatic rings. The maximum absolute atomic E-state index is 12.8. The number of nitrogens with one attached hydrogen (secondary N) is 2. The van der Waals surface area contributed by atoms with Gasteiger partial charge in [-0.2, -0.15) is 13.2 Å². The molecule has 1 aliphatic carbocycles. The van der Waals surface area contributed by atoms with Crippen LogP contribution in [-0.4, -0.2) is 33.2 Å². The van der Waals surface area contributed by atoms with Gasteiger partial charge in [-0.05, 0) is 60.6 Å². The van der Waals surface area contributed by atoms with Crippen LogP contribution in [0, 0.1) is 0 Å². The van der Waals surface area contributed by atoms with Crippen molar-refractivity contribution in [2.45, 2.75) is 56.9 Å². The number of aromatic nitrogens is 3. The highest BCUT2D eigenvalue weighted by atomic mass is 32.1. The lowest BCUT2D eigenvalue weighted by atomic mass is 9.90. The van der Waals surface area contributed by atoms with E-state index in [2.05, 4.69) is 49.9 Å². The number of anilines is 1. The van der Waals surface area contributed by atoms with E-state index in [0.29, 0.717) is 22.1 Å². The normalized spacial score (nSPS) is 18.6. The molecular formula is C26H26F3N5S. The van der Waals surface area contributed by atoms with Gasteiger partial charge in [0.15, 0.2) is 0 Å². The Balaban J connectivity index is 1.19. The largest absolute Gasteiger partial charge is 0.393 e. The van der Waals surface area contributed by atoms with Gasteiger partial charge >= 0.3 is 6.18 Å². The fraction of sp³-hybridized carbons (Fsp3) is 0.346. The molecule has 1 fully saturated rings. The van der Waals surface area contributed by atoms with Crippen molar-refractivity contribution in [1.82, 2.24) is 20.3 Å². The van der Waals surface area contributed by atoms with Gasteiger partial charge in [0.05, 0.1) is 11.8 Å². The molecule has 0 unspecified atom stereocenters. The lowest BCUT2D eigenvalue weighted by Gasteiger charge is -2.31. The molecular weight excluding hydrogens is 471 g/mol. The van der Waals surface area contributed by atoms with Crippen molar-refractivity contribution in [3.8, 4) is 11.1 Å². The van der Waals surface area contributed by atoms with E-state index in [1.165, 1.54) is 17.5 Å². The van der Waals surface area contributed by atoms with Crippen molar-refractivity contribution in [2.75, 3.05) is 5.32 Å². The molecule has 0 saturated heterocycles. The zero-order valence-electron chi connectivity index (χ0n) is 19.1. The highest BCUT2D eigenvalue weighted by Gasteiger charge is 2.29. The van der Waals surface area contributed by atoms with Gasteiger partial charge in [0, 0.05) is 35.9 Å². The van der Waals surface area contributed by atoms with Gasteiger partial charge < -0.3 is 10.6 Å². The standard InChI is InChI=1S/C26H26F3N5S/c27-26(28,29)14-22-13-23-24(32-16-33-25(23)35-22)34-21-3-1-2-20(12-21)31-15-17-4-6-18(7-5-17)19-8-10-30-11-9-19/h4-11,13,16,20-21,31H,1-3,12,14-15H2,(H,32,33,34)/t20-,21+/m0/s1. The number of benzene rings is 1. The van der Waals surface area contributed by atoms with Crippen molar-refractivity contribution in [1.29, 1.82) is 0 Å². The van der Waals surface area contributed by atoms with Crippen molar-refractivity contribution >= 4 is 27.4 Å². The van der Waals surface area contributed by atoms with Gasteiger partial charge in [-0.15, -0.1) is 11.3 Å². The second-order valence-corrected chi connectivity index (χ2v) is 10.1. The summed E-state index contributed by atoms with van der Waals surface area (Å²) in [7, 11) is 0. The maximum Gasteiger partial charge on any atom is 0.393 e. The SMILES string of the molecule is FC(F)(F)Cc1cc2c(N[C@@H]3CCC[C@H](NCc4ccc(-c5ccncc5)cc4)C3)ncnc2s1. The molecule has 0 amide bonds. The molecule has 1 aromatic carbocycles. The first-order chi connectivity index (χ1) is 16.9. The predicted molar refractivity (Wildman–Crippen MR) is 133 cm³/mol. The molecule has 0 radical (unpaired) electrons. The summed E-state index contributed by atoms with van der Waals surface area (Å²) < 4.78 is 38.5. The van der Waals surface area contributed by atoms with Gasteiger partial charge in [0.2, 0.25) is 0 Å². The summed E-state index contributed by atoms with van der Waals surface area (Å²) in [4.78, 5) is 13.4. The molecule has 5 nitrogen and oxygen atoms in total. The quantitative estimate of drug-likeness (QED) is 0.311. The molecule has 0 spiro atoms. The number of pyridine rings is 1. The first-order valence-corrected chi connectivity index (χ1v) is 12.5. The van der Waals surface area contributed by atoms with Crippen molar-refractivity contribution in [3.05, 3.63) is 71.6 Å². The molecule has 0 aliphatic heterocycles. The van der Waals surface area contributed by atoms with Gasteiger partial charge in [0.1, 0.15) is 17.0 Å². The number of hydrogen-bond acceptors (Lipinski definition) is 6. The molecule has 3 aromatic heterocycles. The second kappa shape index (κ2) is 10.3. The van der Waals surface area contributed by atoms with Gasteiger partial charge in [0.25, 0.3) is 0 Å². The molecule has 5 rings (SSSR count). The van der Waals surface area contributed by atoms with Crippen molar-refractivity contribution in [3.63, 3.8) is 0 Å². The Morgan fingerprint density at radius 2 is 1.69 bits per heavy atom. The summed E-state index contributed by atoms with van der Waals surface area (Å²) in [5, 5.41) is 7.82. The van der Waals surface area contributed by atoms with E-state index in [4.69, 9.17) is 0 Å². The third-order valence-corrected chi connectivity index (χ3v) is 7.38. The van der Waals surface area contributed by atoms with Crippen LogP contribution in [0.4, 0.5) is 19.0 Å². The zero-order chi connectivity index (χ0) is 24.3. The zero-order valence-corrected chi connectivity index (χ0v) is 19.9. The maximum atomic E-state index is 12.8. The van der Waals surface area contributed by atoms with Crippen LogP contribution in [-0.2, 0) is 13.0 Å². The number of halogens is 3. The smallest absolute Gasteiger partial charge is 0.367 e. The van der Waals surface area contributed by atoms with E-state index in [9.17, 15) is 13.2 Å². The monoisotopic (exact) mass is 497 g/mol. The topological polar surface area (TPSA) is 62.7 Å². The molecule has 0 bridgehead atoms. The molecule has 2 atom stereocenters. The number of nitrogens with zero attached hydrogens (tertiary/aromatic N) is 3. The highest BCUT2D eigenvalue weighted by molar-refractivity contribution is 7.18. The van der Waals surface area contributed by atoms with Crippen LogP contribution in [0.15, 0.2) is 61.2 Å². The molecule has 4 aromatic rings. The Hall–Kier alpha value is -3.04. The summed E-state index contributed by atoms with van der Waals surface area (Å²) in [6.45, 7) is 0.789. The summed E-state index contributed by atoms with van der Waals surface area (Å²) in [5.74, 6) is 0.622. The Kier molecular flexibility index (Phi) is 6.97. The summed E-state index contributed by atoms with van der Waals surface area (Å²) >= 11 is 1.08. The molecule has 3 heterocycles. The average molecular weight is 498 g/mol. The Bertz CT molecular complexity index is 1260. The van der Waals surface area contributed by atoms with Gasteiger partial charge in [-0.1, -0.05) is 24.3 Å². The summed E-state index contributed by atoms with van der Waals surface area (Å²) in [5.41, 5.74) is 3.54. The van der Waals surface area contributed by atoms with Gasteiger partial charge in [-0.3, -0.25) is 4.98 Å². The van der Waals surface area contributed by atoms with Gasteiger partial charge in [-0.25, -0.2) is 9.97 Å². The van der Waals surface area contributed by atoms with Crippen LogP contribution in [0.3, 0.4) is 0 Å². The minimum Gasteiger partial charge on any atom is -0.367 e. The van der Waals surface area contributed by atoms with Crippen LogP contribution >= 0.6 is 11.3 Å². The van der Waals surface area contributed by atoms with E-state index in [1.807, 2.05) is 12.1 Å². The number of alkyl halides is 3. The number of rotatable bonds is 7. The van der Waals surface area contributed by atoms with E-state index in [-0.39, 0.29) is 10.9 Å². The van der Waals surface area contributed by atoms with Crippen LogP contribution in [0.1, 0.15) is 36.1 Å². The third-order valence-electron chi connectivity index (χ3n) is 6.33. The Morgan fingerprint density at radius 3 is 2.46 bits per heavy atom. The lowest BCUT2D eigenvalue weighted by molar-refractivity contribution is -0.126. The average Bonchev–Trinajstić information content (AvgIpc) is 3.26. The predicted octanol–water partition coefficient (Wildman–Crippen LogP) is 6.37. The van der Waals surface area contributed by atoms with E-state index < -0.39 is 12.6 Å². The fourth-order valence-corrected chi connectivity index (χ4v) is 5.65. The Labute approximate surface area is 205 Å². The molecule has 182 valence electrons. The van der Waals surface area contributed by atoms with Crippen LogP contribution in [0.25, 0.3) is 21.3 Å². The van der Waals surface area contributed by atoms with Crippen LogP contribution in [0.5, 0.6) is 0 Å². The molecule has 9 heteroatoms. The second-order valence-electron chi connectivity index (χ2n) is 8.96. The molecule has 1 saturated carbocycles. The highest BCUT2D eigenvalue weighted by Crippen LogP contribution is 2.33. The number of hydrogen-bond donors (Lipinski definition) is 2. The van der Waals surface area contributed by atoms with Crippen LogP contribution < -0.4 is 10.6 Å². The first-order valence-electron chi connectivity index (χ1n) is 11.7. The number of fused-ring (bicyclic) bond motifs is 1. The summed E-state index contributed by atoms with van der Waals surface area (Å²) in [6, 6.07) is 14.7. The first kappa shape index (κ1) is 23.7.